The van der Waals surface area contributed by atoms with E-state index < -0.39 is 0 Å². The molecule has 1 aromatic carbocycles. The van der Waals surface area contributed by atoms with Crippen molar-refractivity contribution in [3.05, 3.63) is 77.3 Å². The summed E-state index contributed by atoms with van der Waals surface area (Å²) < 4.78 is 1.67. The summed E-state index contributed by atoms with van der Waals surface area (Å²) in [4.78, 5) is 16.6. The Kier molecular flexibility index (Phi) is 3.21. The van der Waals surface area contributed by atoms with Crippen LogP contribution in [0.3, 0.4) is 0 Å². The Bertz CT molecular complexity index is 783. The van der Waals surface area contributed by atoms with E-state index in [1.54, 1.807) is 10.8 Å². The number of aromatic nitrogens is 2. The molecule has 3 rings (SSSR count). The van der Waals surface area contributed by atoms with Crippen LogP contribution in [0.25, 0.3) is 16.9 Å². The minimum absolute atomic E-state index is 0.00381. The van der Waals surface area contributed by atoms with E-state index in [1.165, 1.54) is 0 Å². The second-order valence-electron chi connectivity index (χ2n) is 4.64. The topological polar surface area (TPSA) is 34.9 Å². The molecule has 0 saturated carbocycles. The van der Waals surface area contributed by atoms with Crippen molar-refractivity contribution >= 4 is 13.3 Å². The molecule has 0 fully saturated rings. The van der Waals surface area contributed by atoms with Crippen molar-refractivity contribution in [3.63, 3.8) is 0 Å². The molecule has 96 valence electrons. The molecular formula is C16H13BN2O. The molecule has 0 bridgehead atoms. The number of hydrogen-bond donors (Lipinski definition) is 0. The summed E-state index contributed by atoms with van der Waals surface area (Å²) in [5, 5.41) is 0. The first-order chi connectivity index (χ1) is 9.75. The molecule has 0 aliphatic heterocycles. The van der Waals surface area contributed by atoms with E-state index in [9.17, 15) is 4.79 Å². The molecule has 0 unspecified atom stereocenters. The predicted octanol–water partition coefficient (Wildman–Crippen LogP) is 1.16. The van der Waals surface area contributed by atoms with Gasteiger partial charge in [-0.2, -0.15) is 0 Å². The van der Waals surface area contributed by atoms with Crippen molar-refractivity contribution in [3.8, 4) is 16.9 Å². The molecule has 20 heavy (non-hydrogen) atoms. The summed E-state index contributed by atoms with van der Waals surface area (Å²) in [6, 6.07) is 17.3. The lowest BCUT2D eigenvalue weighted by Gasteiger charge is -2.10. The van der Waals surface area contributed by atoms with Crippen molar-refractivity contribution in [1.29, 1.82) is 0 Å². The molecule has 4 heteroatoms. The van der Waals surface area contributed by atoms with Crippen molar-refractivity contribution in [2.24, 2.45) is 0 Å². The Labute approximate surface area is 118 Å². The van der Waals surface area contributed by atoms with Crippen LogP contribution in [0.4, 0.5) is 0 Å². The summed E-state index contributed by atoms with van der Waals surface area (Å²) in [6.45, 7) is 0. The van der Waals surface area contributed by atoms with Crippen LogP contribution in [-0.2, 0) is 0 Å². The zero-order valence-electron chi connectivity index (χ0n) is 11.2. The van der Waals surface area contributed by atoms with Gasteiger partial charge in [-0.15, -0.1) is 0 Å². The molecule has 2 aromatic heterocycles. The monoisotopic (exact) mass is 260 g/mol. The van der Waals surface area contributed by atoms with Gasteiger partial charge in [0.1, 0.15) is 7.85 Å². The van der Waals surface area contributed by atoms with E-state index in [0.29, 0.717) is 5.46 Å². The summed E-state index contributed by atoms with van der Waals surface area (Å²) in [7, 11) is 1.83. The number of benzene rings is 1. The highest BCUT2D eigenvalue weighted by Crippen LogP contribution is 2.15. The van der Waals surface area contributed by atoms with Gasteiger partial charge in [0.05, 0.1) is 5.69 Å². The van der Waals surface area contributed by atoms with Gasteiger partial charge < -0.3 is 0 Å². The van der Waals surface area contributed by atoms with Gasteiger partial charge in [0.2, 0.25) is 5.56 Å². The molecular weight excluding hydrogens is 247 g/mol. The van der Waals surface area contributed by atoms with Crippen molar-refractivity contribution in [2.45, 2.75) is 0 Å². The summed E-state index contributed by atoms with van der Waals surface area (Å²) >= 11 is 0. The van der Waals surface area contributed by atoms with E-state index in [1.807, 2.05) is 68.6 Å². The SMILES string of the molecule is Bc1cc(-c2ccccn2)cn(-c2ccccc2)c1=O. The van der Waals surface area contributed by atoms with E-state index in [2.05, 4.69) is 4.98 Å². The summed E-state index contributed by atoms with van der Waals surface area (Å²) in [6.07, 6.45) is 3.59. The number of rotatable bonds is 2. The lowest BCUT2D eigenvalue weighted by Crippen LogP contribution is -2.33. The van der Waals surface area contributed by atoms with Gasteiger partial charge in [0.15, 0.2) is 0 Å². The van der Waals surface area contributed by atoms with E-state index in [0.717, 1.165) is 16.9 Å². The van der Waals surface area contributed by atoms with Crippen LogP contribution < -0.4 is 11.0 Å². The maximum Gasteiger partial charge on any atom is 0.248 e. The molecule has 0 radical (unpaired) electrons. The maximum absolute atomic E-state index is 12.3. The third-order valence-corrected chi connectivity index (χ3v) is 3.19. The second kappa shape index (κ2) is 5.17. The third kappa shape index (κ3) is 2.28. The quantitative estimate of drug-likeness (QED) is 0.648. The van der Waals surface area contributed by atoms with Crippen LogP contribution in [0.2, 0.25) is 0 Å². The molecule has 3 nitrogen and oxygen atoms in total. The second-order valence-corrected chi connectivity index (χ2v) is 4.64. The predicted molar refractivity (Wildman–Crippen MR) is 83.4 cm³/mol. The molecule has 0 atom stereocenters. The van der Waals surface area contributed by atoms with E-state index in [-0.39, 0.29) is 5.56 Å². The van der Waals surface area contributed by atoms with Crippen LogP contribution in [-0.4, -0.2) is 17.4 Å². The molecule has 0 amide bonds. The van der Waals surface area contributed by atoms with Gasteiger partial charge >= 0.3 is 0 Å². The van der Waals surface area contributed by atoms with Crippen molar-refractivity contribution in [2.75, 3.05) is 0 Å². The van der Waals surface area contributed by atoms with Crippen LogP contribution in [0, 0.1) is 0 Å². The molecule has 3 aromatic rings. The zero-order chi connectivity index (χ0) is 13.9. The van der Waals surface area contributed by atoms with E-state index in [4.69, 9.17) is 0 Å². The third-order valence-electron chi connectivity index (χ3n) is 3.19. The Balaban J connectivity index is 2.22. The first-order valence-electron chi connectivity index (χ1n) is 6.46. The minimum Gasteiger partial charge on any atom is -0.284 e. The maximum atomic E-state index is 12.3. The standard InChI is InChI=1S/C16H13BN2O/c17-14-10-12(15-8-4-5-9-18-15)11-19(16(14)20)13-6-2-1-3-7-13/h1-11H,17H2. The molecule has 0 N–H and O–H groups in total. The average Bonchev–Trinajstić information content (AvgIpc) is 2.51. The summed E-state index contributed by atoms with van der Waals surface area (Å²) in [5.41, 5.74) is 3.36. The van der Waals surface area contributed by atoms with E-state index >= 15 is 0 Å². The number of para-hydroxylation sites is 1. The first kappa shape index (κ1) is 12.4. The highest BCUT2D eigenvalue weighted by molar-refractivity contribution is 6.32. The summed E-state index contributed by atoms with van der Waals surface area (Å²) in [5.74, 6) is 0. The highest BCUT2D eigenvalue weighted by atomic mass is 16.1. The van der Waals surface area contributed by atoms with Crippen LogP contribution in [0.1, 0.15) is 0 Å². The van der Waals surface area contributed by atoms with Gasteiger partial charge in [-0.3, -0.25) is 14.3 Å². The Hall–Kier alpha value is -2.62. The number of nitrogens with zero attached hydrogens (tertiary/aromatic N) is 2. The van der Waals surface area contributed by atoms with Crippen molar-refractivity contribution in [1.82, 2.24) is 9.55 Å². The van der Waals surface area contributed by atoms with Crippen LogP contribution in [0.5, 0.6) is 0 Å². The fraction of sp³-hybridized carbons (Fsp3) is 0. The normalized spacial score (nSPS) is 10.4. The molecule has 0 spiro atoms. The fourth-order valence-electron chi connectivity index (χ4n) is 2.17. The highest BCUT2D eigenvalue weighted by Gasteiger charge is 2.07. The molecule has 2 heterocycles. The molecule has 0 aliphatic carbocycles. The van der Waals surface area contributed by atoms with Gasteiger partial charge in [0, 0.05) is 23.6 Å². The number of hydrogen-bond acceptors (Lipinski definition) is 2. The average molecular weight is 260 g/mol. The van der Waals surface area contributed by atoms with Crippen LogP contribution >= 0.6 is 0 Å². The first-order valence-corrected chi connectivity index (χ1v) is 6.46. The van der Waals surface area contributed by atoms with Gasteiger partial charge in [-0.25, -0.2) is 0 Å². The molecule has 0 saturated heterocycles. The molecule has 0 aliphatic rings. The smallest absolute Gasteiger partial charge is 0.248 e. The van der Waals surface area contributed by atoms with Gasteiger partial charge in [-0.1, -0.05) is 30.3 Å². The Morgan fingerprint density at radius 2 is 1.75 bits per heavy atom. The van der Waals surface area contributed by atoms with Gasteiger partial charge in [-0.05, 0) is 29.7 Å². The Morgan fingerprint density at radius 1 is 1.00 bits per heavy atom. The van der Waals surface area contributed by atoms with Crippen LogP contribution in [0.15, 0.2) is 71.8 Å². The lowest BCUT2D eigenvalue weighted by molar-refractivity contribution is 1.00. The Morgan fingerprint density at radius 3 is 2.45 bits per heavy atom. The lowest BCUT2D eigenvalue weighted by atomic mass is 9.95. The van der Waals surface area contributed by atoms with Gasteiger partial charge in [0.25, 0.3) is 0 Å². The zero-order valence-corrected chi connectivity index (χ0v) is 11.2. The largest absolute Gasteiger partial charge is 0.284 e. The fourth-order valence-corrected chi connectivity index (χ4v) is 2.17. The minimum atomic E-state index is -0.00381. The van der Waals surface area contributed by atoms with Crippen molar-refractivity contribution < 1.29 is 0 Å². The number of pyridine rings is 2.